The topological polar surface area (TPSA) is 82.8 Å². The van der Waals surface area contributed by atoms with E-state index in [1.54, 1.807) is 0 Å². The second-order valence-corrected chi connectivity index (χ2v) is 7.80. The van der Waals surface area contributed by atoms with Crippen LogP contribution in [0.2, 0.25) is 6.04 Å². The number of carbonyl (C=O) groups is 1. The van der Waals surface area contributed by atoms with Gasteiger partial charge in [0.05, 0.1) is 0 Å². The molecule has 114 valence electrons. The first-order valence-corrected chi connectivity index (χ1v) is 8.67. The van der Waals surface area contributed by atoms with E-state index in [2.05, 4.69) is 5.32 Å². The zero-order valence-corrected chi connectivity index (χ0v) is 13.9. The predicted octanol–water partition coefficient (Wildman–Crippen LogP) is 1.87. The second kappa shape index (κ2) is 8.52. The average molecular weight is 292 g/mol. The van der Waals surface area contributed by atoms with E-state index in [-0.39, 0.29) is 18.3 Å². The van der Waals surface area contributed by atoms with Gasteiger partial charge in [-0.1, -0.05) is 0 Å². The normalized spacial score (nSPS) is 12.5. The number of nitrogens with two attached hydrogens (primary N) is 1. The van der Waals surface area contributed by atoms with Crippen LogP contribution in [0.1, 0.15) is 41.5 Å². The Morgan fingerprint density at radius 1 is 1.00 bits per heavy atom. The molecule has 0 unspecified atom stereocenters. The lowest BCUT2D eigenvalue weighted by atomic mass is 10.5. The Bertz CT molecular complexity index is 246. The summed E-state index contributed by atoms with van der Waals surface area (Å²) in [7, 11) is -2.82. The van der Waals surface area contributed by atoms with E-state index < -0.39 is 14.8 Å². The van der Waals surface area contributed by atoms with Gasteiger partial charge in [-0.25, -0.2) is 4.79 Å². The Labute approximate surface area is 117 Å². The van der Waals surface area contributed by atoms with Crippen molar-refractivity contribution in [1.82, 2.24) is 5.32 Å². The molecular formula is C12H28N2O4Si. The first-order valence-electron chi connectivity index (χ1n) is 6.73. The van der Waals surface area contributed by atoms with Gasteiger partial charge >= 0.3 is 14.8 Å². The Morgan fingerprint density at radius 3 is 1.63 bits per heavy atom. The molecule has 6 nitrogen and oxygen atoms in total. The molecule has 0 aromatic carbocycles. The van der Waals surface area contributed by atoms with Gasteiger partial charge in [0.15, 0.2) is 0 Å². The number of primary amides is 1. The van der Waals surface area contributed by atoms with Crippen molar-refractivity contribution < 1.29 is 18.1 Å². The van der Waals surface area contributed by atoms with Crippen LogP contribution in [0.5, 0.6) is 0 Å². The van der Waals surface area contributed by atoms with Gasteiger partial charge in [0.1, 0.15) is 0 Å². The molecule has 0 heterocycles. The van der Waals surface area contributed by atoms with E-state index in [9.17, 15) is 4.79 Å². The molecule has 0 spiro atoms. The Hall–Kier alpha value is -0.633. The highest BCUT2D eigenvalue weighted by atomic mass is 28.4. The van der Waals surface area contributed by atoms with Gasteiger partial charge < -0.3 is 24.3 Å². The van der Waals surface area contributed by atoms with E-state index in [4.69, 9.17) is 19.0 Å². The van der Waals surface area contributed by atoms with Crippen LogP contribution in [0.15, 0.2) is 0 Å². The minimum absolute atomic E-state index is 0.00209. The second-order valence-electron chi connectivity index (χ2n) is 5.22. The third-order valence-electron chi connectivity index (χ3n) is 1.98. The smallest absolute Gasteiger partial charge is 0.371 e. The number of hydrogen-bond acceptors (Lipinski definition) is 4. The molecule has 19 heavy (non-hydrogen) atoms. The van der Waals surface area contributed by atoms with Crippen molar-refractivity contribution in [1.29, 1.82) is 0 Å². The molecule has 0 saturated heterocycles. The highest BCUT2D eigenvalue weighted by molar-refractivity contribution is 6.61. The lowest BCUT2D eigenvalue weighted by Gasteiger charge is -2.34. The fourth-order valence-electron chi connectivity index (χ4n) is 1.68. The summed E-state index contributed by atoms with van der Waals surface area (Å²) in [6, 6.07) is -0.0497. The van der Waals surface area contributed by atoms with Crippen molar-refractivity contribution in [2.45, 2.75) is 65.9 Å². The largest absolute Gasteiger partial charge is 0.503 e. The maximum absolute atomic E-state index is 10.8. The monoisotopic (exact) mass is 292 g/mol. The molecule has 0 aromatic heterocycles. The first-order chi connectivity index (χ1) is 8.67. The van der Waals surface area contributed by atoms with E-state index in [1.807, 2.05) is 41.5 Å². The number of rotatable bonds is 9. The molecule has 0 aliphatic heterocycles. The Balaban J connectivity index is 4.82. The third-order valence-corrected chi connectivity index (χ3v) is 5.33. The van der Waals surface area contributed by atoms with E-state index in [1.165, 1.54) is 0 Å². The van der Waals surface area contributed by atoms with E-state index in [0.717, 1.165) is 0 Å². The van der Waals surface area contributed by atoms with Crippen molar-refractivity contribution in [3.63, 3.8) is 0 Å². The van der Waals surface area contributed by atoms with Crippen LogP contribution in [0, 0.1) is 0 Å². The molecule has 3 N–H and O–H groups in total. The van der Waals surface area contributed by atoms with Gasteiger partial charge in [0.25, 0.3) is 0 Å². The number of nitrogens with one attached hydrogen (secondary N) is 1. The van der Waals surface area contributed by atoms with E-state index in [0.29, 0.717) is 12.6 Å². The zero-order valence-electron chi connectivity index (χ0n) is 12.9. The van der Waals surface area contributed by atoms with Crippen LogP contribution in [0.3, 0.4) is 0 Å². The number of amides is 2. The van der Waals surface area contributed by atoms with Crippen molar-refractivity contribution in [2.24, 2.45) is 5.73 Å². The Morgan fingerprint density at radius 2 is 1.37 bits per heavy atom. The fraction of sp³-hybridized carbons (Fsp3) is 0.917. The molecular weight excluding hydrogens is 264 g/mol. The summed E-state index contributed by atoms with van der Waals surface area (Å²) in [4.78, 5) is 10.8. The van der Waals surface area contributed by atoms with Crippen LogP contribution >= 0.6 is 0 Å². The predicted molar refractivity (Wildman–Crippen MR) is 76.8 cm³/mol. The molecule has 0 rings (SSSR count). The highest BCUT2D eigenvalue weighted by Gasteiger charge is 2.43. The maximum Gasteiger partial charge on any atom is 0.503 e. The molecule has 2 amide bonds. The lowest BCUT2D eigenvalue weighted by Crippen LogP contribution is -2.52. The van der Waals surface area contributed by atoms with Crippen molar-refractivity contribution in [3.8, 4) is 0 Å². The third kappa shape index (κ3) is 8.98. The van der Waals surface area contributed by atoms with Gasteiger partial charge in [-0.3, -0.25) is 0 Å². The molecule has 0 radical (unpaired) electrons. The molecule has 0 atom stereocenters. The highest BCUT2D eigenvalue weighted by Crippen LogP contribution is 2.21. The summed E-state index contributed by atoms with van der Waals surface area (Å²) < 4.78 is 17.8. The van der Waals surface area contributed by atoms with Gasteiger partial charge in [0, 0.05) is 30.9 Å². The molecule has 0 fully saturated rings. The summed E-state index contributed by atoms with van der Waals surface area (Å²) in [5.74, 6) is 0. The summed E-state index contributed by atoms with van der Waals surface area (Å²) in [6.45, 7) is 12.0. The zero-order chi connectivity index (χ0) is 15.1. The standard InChI is InChI=1S/C12H28N2O4Si/c1-9(2)16-19(17-10(3)4,18-11(5)6)8-7-14-12(13)15/h9-11H,7-8H2,1-6H3,(H3,13,14,15). The minimum Gasteiger partial charge on any atom is -0.371 e. The minimum atomic E-state index is -2.82. The van der Waals surface area contributed by atoms with Crippen molar-refractivity contribution >= 4 is 14.8 Å². The Kier molecular flexibility index (Phi) is 8.24. The van der Waals surface area contributed by atoms with Gasteiger partial charge in [0.2, 0.25) is 0 Å². The van der Waals surface area contributed by atoms with Crippen LogP contribution in [0.25, 0.3) is 0 Å². The molecule has 0 aliphatic rings. The molecule has 0 aromatic rings. The summed E-state index contributed by atoms with van der Waals surface area (Å²) in [6.07, 6.45) is -0.00626. The van der Waals surface area contributed by atoms with E-state index >= 15 is 0 Å². The summed E-state index contributed by atoms with van der Waals surface area (Å²) >= 11 is 0. The van der Waals surface area contributed by atoms with Crippen molar-refractivity contribution in [3.05, 3.63) is 0 Å². The molecule has 0 bridgehead atoms. The van der Waals surface area contributed by atoms with Crippen molar-refractivity contribution in [2.75, 3.05) is 6.54 Å². The molecule has 0 saturated carbocycles. The van der Waals surface area contributed by atoms with Crippen LogP contribution in [-0.4, -0.2) is 39.7 Å². The maximum atomic E-state index is 10.8. The van der Waals surface area contributed by atoms with Crippen LogP contribution in [-0.2, 0) is 13.3 Å². The SMILES string of the molecule is CC(C)O[Si](CCNC(N)=O)(OC(C)C)OC(C)C. The van der Waals surface area contributed by atoms with Gasteiger partial charge in [-0.05, 0) is 41.5 Å². The van der Waals surface area contributed by atoms with Crippen LogP contribution < -0.4 is 11.1 Å². The number of hydrogen-bond donors (Lipinski definition) is 2. The van der Waals surface area contributed by atoms with Gasteiger partial charge in [-0.2, -0.15) is 0 Å². The average Bonchev–Trinajstić information content (AvgIpc) is 2.12. The molecule has 7 heteroatoms. The number of carbonyl (C=O) groups excluding carboxylic acids is 1. The quantitative estimate of drug-likeness (QED) is 0.636. The van der Waals surface area contributed by atoms with Crippen LogP contribution in [0.4, 0.5) is 4.79 Å². The lowest BCUT2D eigenvalue weighted by molar-refractivity contribution is 0.00353. The van der Waals surface area contributed by atoms with Gasteiger partial charge in [-0.15, -0.1) is 0 Å². The summed E-state index contributed by atoms with van der Waals surface area (Å²) in [5, 5.41) is 2.55. The number of urea groups is 1. The first kappa shape index (κ1) is 18.4. The molecule has 0 aliphatic carbocycles. The summed E-state index contributed by atoms with van der Waals surface area (Å²) in [5.41, 5.74) is 5.07. The fourth-order valence-corrected chi connectivity index (χ4v) is 4.78.